The van der Waals surface area contributed by atoms with Gasteiger partial charge in [-0.3, -0.25) is 4.98 Å². The lowest BCUT2D eigenvalue weighted by molar-refractivity contribution is 0.282. The molecule has 0 spiro atoms. The molecule has 0 atom stereocenters. The van der Waals surface area contributed by atoms with E-state index in [0.29, 0.717) is 29.7 Å². The van der Waals surface area contributed by atoms with E-state index in [1.807, 2.05) is 18.2 Å². The first kappa shape index (κ1) is 15.1. The van der Waals surface area contributed by atoms with E-state index in [9.17, 15) is 0 Å². The number of methoxy groups -OCH3 is 1. The molecule has 0 fully saturated rings. The minimum Gasteiger partial charge on any atom is -0.493 e. The predicted octanol–water partition coefficient (Wildman–Crippen LogP) is 3.54. The van der Waals surface area contributed by atoms with E-state index in [2.05, 4.69) is 20.9 Å². The number of halogens is 2. The van der Waals surface area contributed by atoms with Crippen LogP contribution in [0.5, 0.6) is 11.5 Å². The summed E-state index contributed by atoms with van der Waals surface area (Å²) in [7, 11) is 1.59. The number of aromatic nitrogens is 1. The van der Waals surface area contributed by atoms with Crippen molar-refractivity contribution in [2.24, 2.45) is 5.73 Å². The molecular formula is C14H14BrClN2O2. The molecule has 1 heterocycles. The standard InChI is InChI=1S/C14H14BrClN2O2/c1-19-13-5-9(6-17)4-11(15)14(13)20-8-10-2-3-18-7-12(10)16/h2-5,7H,6,8,17H2,1H3. The maximum absolute atomic E-state index is 6.05. The molecule has 0 bridgehead atoms. The van der Waals surface area contributed by atoms with Crippen molar-refractivity contribution in [3.63, 3.8) is 0 Å². The summed E-state index contributed by atoms with van der Waals surface area (Å²) in [6, 6.07) is 5.58. The Hall–Kier alpha value is -1.30. The van der Waals surface area contributed by atoms with Crippen LogP contribution in [0.2, 0.25) is 5.02 Å². The average molecular weight is 358 g/mol. The second-order valence-corrected chi connectivity index (χ2v) is 5.33. The smallest absolute Gasteiger partial charge is 0.175 e. The summed E-state index contributed by atoms with van der Waals surface area (Å²) < 4.78 is 11.9. The SMILES string of the molecule is COc1cc(CN)cc(Br)c1OCc1ccncc1Cl. The Morgan fingerprint density at radius 3 is 2.85 bits per heavy atom. The summed E-state index contributed by atoms with van der Waals surface area (Å²) in [5.41, 5.74) is 7.46. The first-order chi connectivity index (χ1) is 9.65. The van der Waals surface area contributed by atoms with Gasteiger partial charge >= 0.3 is 0 Å². The van der Waals surface area contributed by atoms with Gasteiger partial charge < -0.3 is 15.2 Å². The first-order valence-electron chi connectivity index (χ1n) is 5.93. The summed E-state index contributed by atoms with van der Waals surface area (Å²) in [4.78, 5) is 3.94. The minimum atomic E-state index is 0.332. The Balaban J connectivity index is 2.23. The Bertz CT molecular complexity index is 608. The van der Waals surface area contributed by atoms with E-state index in [1.54, 1.807) is 19.5 Å². The number of rotatable bonds is 5. The van der Waals surface area contributed by atoms with Gasteiger partial charge in [0.1, 0.15) is 6.61 Å². The number of pyridine rings is 1. The minimum absolute atomic E-state index is 0.332. The highest BCUT2D eigenvalue weighted by Crippen LogP contribution is 2.37. The molecule has 1 aromatic carbocycles. The summed E-state index contributed by atoms with van der Waals surface area (Å²) in [6.45, 7) is 0.768. The van der Waals surface area contributed by atoms with E-state index < -0.39 is 0 Å². The van der Waals surface area contributed by atoms with Crippen LogP contribution in [0.1, 0.15) is 11.1 Å². The van der Waals surface area contributed by atoms with Gasteiger partial charge in [0.15, 0.2) is 11.5 Å². The summed E-state index contributed by atoms with van der Waals surface area (Å²) in [5.74, 6) is 1.25. The molecule has 6 heteroatoms. The Morgan fingerprint density at radius 1 is 1.40 bits per heavy atom. The molecule has 0 amide bonds. The van der Waals surface area contributed by atoms with Crippen LogP contribution >= 0.6 is 27.5 Å². The molecule has 2 rings (SSSR count). The van der Waals surface area contributed by atoms with Crippen LogP contribution < -0.4 is 15.2 Å². The van der Waals surface area contributed by atoms with Crippen molar-refractivity contribution in [1.82, 2.24) is 4.98 Å². The largest absolute Gasteiger partial charge is 0.493 e. The molecule has 0 aliphatic carbocycles. The third kappa shape index (κ3) is 3.42. The van der Waals surface area contributed by atoms with E-state index in [0.717, 1.165) is 15.6 Å². The van der Waals surface area contributed by atoms with Crippen LogP contribution in [0.4, 0.5) is 0 Å². The second-order valence-electron chi connectivity index (χ2n) is 4.07. The second kappa shape index (κ2) is 6.92. The van der Waals surface area contributed by atoms with E-state index >= 15 is 0 Å². The van der Waals surface area contributed by atoms with E-state index in [1.165, 1.54) is 0 Å². The molecule has 4 nitrogen and oxygen atoms in total. The number of hydrogen-bond donors (Lipinski definition) is 1. The maximum Gasteiger partial charge on any atom is 0.175 e. The average Bonchev–Trinajstić information content (AvgIpc) is 2.46. The zero-order chi connectivity index (χ0) is 14.5. The van der Waals surface area contributed by atoms with Crippen LogP contribution in [0.25, 0.3) is 0 Å². The zero-order valence-electron chi connectivity index (χ0n) is 10.9. The van der Waals surface area contributed by atoms with Crippen molar-refractivity contribution >= 4 is 27.5 Å². The van der Waals surface area contributed by atoms with Crippen molar-refractivity contribution in [2.75, 3.05) is 7.11 Å². The monoisotopic (exact) mass is 356 g/mol. The van der Waals surface area contributed by atoms with Crippen LogP contribution in [0.3, 0.4) is 0 Å². The molecule has 0 aliphatic rings. The highest BCUT2D eigenvalue weighted by Gasteiger charge is 2.12. The van der Waals surface area contributed by atoms with Crippen molar-refractivity contribution in [3.05, 3.63) is 51.2 Å². The highest BCUT2D eigenvalue weighted by molar-refractivity contribution is 9.10. The van der Waals surface area contributed by atoms with Crippen LogP contribution in [-0.2, 0) is 13.2 Å². The number of nitrogens with two attached hydrogens (primary N) is 1. The Morgan fingerprint density at radius 2 is 2.20 bits per heavy atom. The lowest BCUT2D eigenvalue weighted by Gasteiger charge is -2.14. The molecule has 20 heavy (non-hydrogen) atoms. The van der Waals surface area contributed by atoms with Gasteiger partial charge in [-0.05, 0) is 39.7 Å². The van der Waals surface area contributed by atoms with Crippen LogP contribution in [-0.4, -0.2) is 12.1 Å². The molecule has 1 aromatic heterocycles. The molecule has 0 saturated heterocycles. The van der Waals surface area contributed by atoms with Gasteiger partial charge in [0, 0.05) is 24.5 Å². The fraction of sp³-hybridized carbons (Fsp3) is 0.214. The molecule has 0 aliphatic heterocycles. The normalized spacial score (nSPS) is 10.4. The predicted molar refractivity (Wildman–Crippen MR) is 82.2 cm³/mol. The quantitative estimate of drug-likeness (QED) is 0.889. The maximum atomic E-state index is 6.05. The van der Waals surface area contributed by atoms with Gasteiger partial charge in [-0.2, -0.15) is 0 Å². The molecule has 106 valence electrons. The summed E-state index contributed by atoms with van der Waals surface area (Å²) in [5, 5.41) is 0.571. The van der Waals surface area contributed by atoms with Gasteiger partial charge in [0.25, 0.3) is 0 Å². The Labute approximate surface area is 131 Å². The van der Waals surface area contributed by atoms with Gasteiger partial charge in [-0.15, -0.1) is 0 Å². The zero-order valence-corrected chi connectivity index (χ0v) is 13.2. The van der Waals surface area contributed by atoms with Crippen LogP contribution in [0.15, 0.2) is 35.1 Å². The lowest BCUT2D eigenvalue weighted by Crippen LogP contribution is -2.02. The number of nitrogens with zero attached hydrogens (tertiary/aromatic N) is 1. The molecule has 2 aromatic rings. The molecule has 0 unspecified atom stereocenters. The Kier molecular flexibility index (Phi) is 5.23. The van der Waals surface area contributed by atoms with Crippen molar-refractivity contribution < 1.29 is 9.47 Å². The first-order valence-corrected chi connectivity index (χ1v) is 7.10. The third-order valence-electron chi connectivity index (χ3n) is 2.75. The highest BCUT2D eigenvalue weighted by atomic mass is 79.9. The van der Waals surface area contributed by atoms with E-state index in [-0.39, 0.29) is 0 Å². The summed E-state index contributed by atoms with van der Waals surface area (Å²) in [6.07, 6.45) is 3.26. The van der Waals surface area contributed by atoms with Crippen molar-refractivity contribution in [3.8, 4) is 11.5 Å². The molecule has 0 saturated carbocycles. The summed E-state index contributed by atoms with van der Waals surface area (Å²) >= 11 is 9.52. The van der Waals surface area contributed by atoms with Gasteiger partial charge in [0.05, 0.1) is 16.6 Å². The van der Waals surface area contributed by atoms with Gasteiger partial charge in [0.2, 0.25) is 0 Å². The lowest BCUT2D eigenvalue weighted by atomic mass is 10.2. The van der Waals surface area contributed by atoms with Crippen LogP contribution in [0, 0.1) is 0 Å². The molecule has 2 N–H and O–H groups in total. The number of hydrogen-bond acceptors (Lipinski definition) is 4. The molecule has 0 radical (unpaired) electrons. The van der Waals surface area contributed by atoms with E-state index in [4.69, 9.17) is 26.8 Å². The fourth-order valence-corrected chi connectivity index (χ4v) is 2.48. The topological polar surface area (TPSA) is 57.4 Å². The van der Waals surface area contributed by atoms with Crippen molar-refractivity contribution in [2.45, 2.75) is 13.2 Å². The van der Waals surface area contributed by atoms with Gasteiger partial charge in [-0.25, -0.2) is 0 Å². The molecular weight excluding hydrogens is 344 g/mol. The number of ether oxygens (including phenoxy) is 2. The number of benzene rings is 1. The fourth-order valence-electron chi connectivity index (χ4n) is 1.70. The van der Waals surface area contributed by atoms with Crippen molar-refractivity contribution in [1.29, 1.82) is 0 Å². The third-order valence-corrected chi connectivity index (χ3v) is 3.68. The van der Waals surface area contributed by atoms with Gasteiger partial charge in [-0.1, -0.05) is 11.6 Å².